The van der Waals surface area contributed by atoms with Gasteiger partial charge in [-0.05, 0) is 46.9 Å². The summed E-state index contributed by atoms with van der Waals surface area (Å²) in [4.78, 5) is 24.3. The van der Waals surface area contributed by atoms with Gasteiger partial charge in [0.1, 0.15) is 11.0 Å². The van der Waals surface area contributed by atoms with Crippen molar-refractivity contribution in [3.8, 4) is 11.3 Å². The predicted octanol–water partition coefficient (Wildman–Crippen LogP) is 4.60. The molecule has 2 aromatic heterocycles. The predicted molar refractivity (Wildman–Crippen MR) is 102 cm³/mol. The van der Waals surface area contributed by atoms with Crippen LogP contribution in [0.25, 0.3) is 33.5 Å². The smallest absolute Gasteiger partial charge is 0.337 e. The monoisotopic (exact) mass is 446 g/mol. The summed E-state index contributed by atoms with van der Waals surface area (Å²) in [6.45, 7) is 0. The van der Waals surface area contributed by atoms with E-state index in [1.54, 1.807) is 48.5 Å². The van der Waals surface area contributed by atoms with Crippen LogP contribution in [0.2, 0.25) is 0 Å². The molecular weight excluding hydrogens is 435 g/mol. The Morgan fingerprint density at radius 1 is 1.04 bits per heavy atom. The first-order valence-corrected chi connectivity index (χ1v) is 8.50. The highest BCUT2D eigenvalue weighted by molar-refractivity contribution is 14.1. The van der Waals surface area contributed by atoms with Gasteiger partial charge in [-0.1, -0.05) is 24.3 Å². The van der Waals surface area contributed by atoms with E-state index in [9.17, 15) is 9.59 Å². The van der Waals surface area contributed by atoms with Gasteiger partial charge in [-0.15, -0.1) is 0 Å². The molecule has 4 aromatic rings. The lowest BCUT2D eigenvalue weighted by Crippen LogP contribution is -2.01. The normalized spacial score (nSPS) is 11.1. The maximum Gasteiger partial charge on any atom is 0.337 e. The summed E-state index contributed by atoms with van der Waals surface area (Å²) >= 11 is 2.08. The number of ether oxygens (including phenoxy) is 1. The number of carbonyl (C=O) groups is 1. The first-order valence-electron chi connectivity index (χ1n) is 7.42. The van der Waals surface area contributed by atoms with E-state index in [4.69, 9.17) is 13.6 Å². The highest BCUT2D eigenvalue weighted by Gasteiger charge is 2.20. The molecule has 0 fully saturated rings. The molecule has 0 spiro atoms. The van der Waals surface area contributed by atoms with Crippen LogP contribution in [0.5, 0.6) is 0 Å². The number of furan rings is 1. The highest BCUT2D eigenvalue weighted by Crippen LogP contribution is 2.34. The second-order valence-corrected chi connectivity index (χ2v) is 6.48. The van der Waals surface area contributed by atoms with E-state index >= 15 is 0 Å². The molecule has 0 saturated carbocycles. The summed E-state index contributed by atoms with van der Waals surface area (Å²) in [6.07, 6.45) is 0. The number of rotatable bonds is 2. The van der Waals surface area contributed by atoms with E-state index < -0.39 is 5.97 Å². The second-order valence-electron chi connectivity index (χ2n) is 5.40. The number of para-hydroxylation sites is 1. The largest absolute Gasteiger partial charge is 0.465 e. The van der Waals surface area contributed by atoms with E-state index in [1.165, 1.54) is 7.11 Å². The lowest BCUT2D eigenvalue weighted by atomic mass is 10.1. The van der Waals surface area contributed by atoms with Gasteiger partial charge < -0.3 is 13.6 Å². The van der Waals surface area contributed by atoms with Gasteiger partial charge in [0.25, 0.3) is 0 Å². The van der Waals surface area contributed by atoms with Crippen LogP contribution in [0.15, 0.2) is 62.2 Å². The number of carbonyl (C=O) groups excluding carboxylic acids is 1. The molecule has 0 bridgehead atoms. The van der Waals surface area contributed by atoms with Crippen LogP contribution in [0.3, 0.4) is 0 Å². The van der Waals surface area contributed by atoms with E-state index in [0.717, 1.165) is 5.56 Å². The summed E-state index contributed by atoms with van der Waals surface area (Å²) in [6, 6.07) is 13.9. The molecule has 0 aliphatic heterocycles. The van der Waals surface area contributed by atoms with Crippen molar-refractivity contribution in [2.24, 2.45) is 0 Å². The van der Waals surface area contributed by atoms with Gasteiger partial charge >= 0.3 is 11.7 Å². The van der Waals surface area contributed by atoms with Crippen molar-refractivity contribution in [2.75, 3.05) is 7.11 Å². The molecule has 0 N–H and O–H groups in total. The molecule has 0 radical (unpaired) electrons. The van der Waals surface area contributed by atoms with Crippen LogP contribution in [0, 0.1) is 3.57 Å². The van der Waals surface area contributed by atoms with Gasteiger partial charge in [0.15, 0.2) is 5.76 Å². The Bertz CT molecular complexity index is 1170. The summed E-state index contributed by atoms with van der Waals surface area (Å²) in [5, 5.41) is 0.938. The molecule has 0 amide bonds. The minimum atomic E-state index is -0.408. The molecule has 2 heterocycles. The van der Waals surface area contributed by atoms with E-state index in [-0.39, 0.29) is 11.2 Å². The Hall–Kier alpha value is -2.61. The van der Waals surface area contributed by atoms with Crippen LogP contribution in [0.1, 0.15) is 10.4 Å². The van der Waals surface area contributed by atoms with Crippen LogP contribution >= 0.6 is 22.6 Å². The first kappa shape index (κ1) is 15.9. The van der Waals surface area contributed by atoms with Crippen LogP contribution in [-0.2, 0) is 4.74 Å². The molecule has 0 atom stereocenters. The minimum absolute atomic E-state index is 0.123. The molecule has 5 nitrogen and oxygen atoms in total. The van der Waals surface area contributed by atoms with Crippen molar-refractivity contribution in [3.05, 3.63) is 67.9 Å². The van der Waals surface area contributed by atoms with E-state index in [2.05, 4.69) is 22.6 Å². The van der Waals surface area contributed by atoms with E-state index in [0.29, 0.717) is 31.2 Å². The van der Waals surface area contributed by atoms with Crippen molar-refractivity contribution in [1.82, 2.24) is 0 Å². The number of halogens is 1. The lowest BCUT2D eigenvalue weighted by Gasteiger charge is -2.01. The van der Waals surface area contributed by atoms with Gasteiger partial charge in [0.05, 0.1) is 21.6 Å². The van der Waals surface area contributed by atoms with E-state index in [1.807, 2.05) is 0 Å². The number of benzene rings is 2. The molecule has 0 aliphatic rings. The molecule has 6 heteroatoms. The SMILES string of the molecule is COC(=O)c1ccc(-c2oc3oc4ccccc4c(=O)c3c2I)cc1. The fraction of sp³-hybridized carbons (Fsp3) is 0.0526. The zero-order chi connectivity index (χ0) is 17.6. The Morgan fingerprint density at radius 2 is 1.76 bits per heavy atom. The quantitative estimate of drug-likeness (QED) is 0.333. The number of hydrogen-bond donors (Lipinski definition) is 0. The molecule has 0 saturated heterocycles. The molecule has 25 heavy (non-hydrogen) atoms. The number of fused-ring (bicyclic) bond motifs is 2. The lowest BCUT2D eigenvalue weighted by molar-refractivity contribution is 0.0600. The zero-order valence-corrected chi connectivity index (χ0v) is 15.2. The average Bonchev–Trinajstić information content (AvgIpc) is 2.98. The van der Waals surface area contributed by atoms with Crippen LogP contribution < -0.4 is 5.43 Å². The maximum atomic E-state index is 12.7. The summed E-state index contributed by atoms with van der Waals surface area (Å²) in [5.41, 5.74) is 1.55. The molecule has 124 valence electrons. The van der Waals surface area contributed by atoms with Crippen molar-refractivity contribution >= 4 is 50.7 Å². The third-order valence-electron chi connectivity index (χ3n) is 3.95. The Balaban J connectivity index is 1.92. The summed E-state index contributed by atoms with van der Waals surface area (Å²) < 4.78 is 16.9. The number of esters is 1. The number of hydrogen-bond acceptors (Lipinski definition) is 5. The highest BCUT2D eigenvalue weighted by atomic mass is 127. The molecule has 4 rings (SSSR count). The summed E-state index contributed by atoms with van der Waals surface area (Å²) in [5.74, 6) is 0.317. The molecular formula is C19H11IO5. The van der Waals surface area contributed by atoms with Crippen molar-refractivity contribution in [1.29, 1.82) is 0 Å². The van der Waals surface area contributed by atoms with Crippen molar-refractivity contribution in [2.45, 2.75) is 0 Å². The standard InChI is InChI=1S/C19H11IO5/c1-23-18(22)11-8-6-10(7-9-11)17-15(20)14-16(21)12-4-2-3-5-13(12)24-19(14)25-17/h2-9H,1H3. The molecule has 0 aliphatic carbocycles. The zero-order valence-electron chi connectivity index (χ0n) is 13.0. The Morgan fingerprint density at radius 3 is 2.48 bits per heavy atom. The maximum absolute atomic E-state index is 12.7. The van der Waals surface area contributed by atoms with Gasteiger partial charge in [-0.3, -0.25) is 4.79 Å². The topological polar surface area (TPSA) is 69.7 Å². The van der Waals surface area contributed by atoms with Gasteiger partial charge in [-0.2, -0.15) is 0 Å². The van der Waals surface area contributed by atoms with Gasteiger partial charge in [0, 0.05) is 5.56 Å². The molecule has 0 unspecified atom stereocenters. The van der Waals surface area contributed by atoms with Crippen molar-refractivity contribution in [3.63, 3.8) is 0 Å². The first-order chi connectivity index (χ1) is 12.1. The van der Waals surface area contributed by atoms with Crippen LogP contribution in [0.4, 0.5) is 0 Å². The molecule has 2 aromatic carbocycles. The van der Waals surface area contributed by atoms with Gasteiger partial charge in [-0.25, -0.2) is 4.79 Å². The summed E-state index contributed by atoms with van der Waals surface area (Å²) in [7, 11) is 1.33. The fourth-order valence-electron chi connectivity index (χ4n) is 2.69. The van der Waals surface area contributed by atoms with Crippen LogP contribution in [-0.4, -0.2) is 13.1 Å². The Labute approximate surface area is 155 Å². The Kier molecular flexibility index (Phi) is 3.84. The fourth-order valence-corrected chi connectivity index (χ4v) is 3.58. The second kappa shape index (κ2) is 6.03. The van der Waals surface area contributed by atoms with Crippen molar-refractivity contribution < 1.29 is 18.4 Å². The van der Waals surface area contributed by atoms with Gasteiger partial charge in [0.2, 0.25) is 5.43 Å². The third-order valence-corrected chi connectivity index (χ3v) is 4.98. The third kappa shape index (κ3) is 2.53. The average molecular weight is 446 g/mol. The number of methoxy groups -OCH3 is 1. The minimum Gasteiger partial charge on any atom is -0.465 e.